The first-order chi connectivity index (χ1) is 10.9. The molecule has 7 heteroatoms. The average molecular weight is 326 g/mol. The van der Waals surface area contributed by atoms with E-state index < -0.39 is 17.6 Å². The topological polar surface area (TPSA) is 58.2 Å². The van der Waals surface area contributed by atoms with Gasteiger partial charge in [-0.05, 0) is 36.6 Å². The minimum absolute atomic E-state index is 0.00115. The van der Waals surface area contributed by atoms with Gasteiger partial charge in [0.25, 0.3) is 0 Å². The minimum atomic E-state index is -4.41. The summed E-state index contributed by atoms with van der Waals surface area (Å²) in [6.45, 7) is 0.600. The Balaban J connectivity index is 1.75. The molecule has 0 radical (unpaired) electrons. The van der Waals surface area contributed by atoms with Crippen LogP contribution in [0.25, 0.3) is 6.08 Å². The molecular formula is C16H17F3N2O2. The van der Waals surface area contributed by atoms with Crippen LogP contribution < -0.4 is 10.6 Å². The van der Waals surface area contributed by atoms with Crippen molar-refractivity contribution in [3.8, 4) is 0 Å². The third kappa shape index (κ3) is 5.77. The highest BCUT2D eigenvalue weighted by Gasteiger charge is 2.30. The number of carbonyl (C=O) groups excluding carboxylic acids is 2. The molecule has 124 valence electrons. The number of hydrogen-bond acceptors (Lipinski definition) is 2. The molecule has 1 aromatic rings. The lowest BCUT2D eigenvalue weighted by Crippen LogP contribution is -2.34. The second-order valence-electron chi connectivity index (χ2n) is 5.31. The highest BCUT2D eigenvalue weighted by molar-refractivity contribution is 5.91. The number of hydrogen-bond donors (Lipinski definition) is 2. The molecule has 0 unspecified atom stereocenters. The predicted octanol–water partition coefficient (Wildman–Crippen LogP) is 2.36. The van der Waals surface area contributed by atoms with Gasteiger partial charge in [-0.15, -0.1) is 0 Å². The van der Waals surface area contributed by atoms with E-state index in [-0.39, 0.29) is 23.9 Å². The van der Waals surface area contributed by atoms with Crippen LogP contribution in [0, 0.1) is 5.92 Å². The Morgan fingerprint density at radius 2 is 1.87 bits per heavy atom. The molecule has 2 rings (SSSR count). The van der Waals surface area contributed by atoms with Gasteiger partial charge < -0.3 is 10.6 Å². The molecule has 0 heterocycles. The van der Waals surface area contributed by atoms with Crippen LogP contribution in [-0.2, 0) is 15.8 Å². The van der Waals surface area contributed by atoms with E-state index in [0.717, 1.165) is 31.1 Å². The summed E-state index contributed by atoms with van der Waals surface area (Å²) in [6, 6.07) is 4.71. The van der Waals surface area contributed by atoms with Gasteiger partial charge >= 0.3 is 6.18 Å². The second-order valence-corrected chi connectivity index (χ2v) is 5.31. The summed E-state index contributed by atoms with van der Waals surface area (Å²) in [5.41, 5.74) is -0.472. The van der Waals surface area contributed by atoms with Crippen molar-refractivity contribution >= 4 is 17.9 Å². The summed E-state index contributed by atoms with van der Waals surface area (Å²) in [5.74, 6) is -0.312. The van der Waals surface area contributed by atoms with Crippen molar-refractivity contribution in [1.29, 1.82) is 0 Å². The molecule has 0 saturated heterocycles. The van der Waals surface area contributed by atoms with E-state index in [1.165, 1.54) is 18.2 Å². The van der Waals surface area contributed by atoms with Gasteiger partial charge in [-0.25, -0.2) is 0 Å². The summed E-state index contributed by atoms with van der Waals surface area (Å²) in [4.78, 5) is 22.9. The molecule has 0 aromatic heterocycles. The van der Waals surface area contributed by atoms with Gasteiger partial charge in [0, 0.05) is 25.1 Å². The fraction of sp³-hybridized carbons (Fsp3) is 0.375. The standard InChI is InChI=1S/C16H17F3N2O2/c17-16(18,19)13-3-1-2-11(10-13)4-7-14(22)20-8-9-21-15(23)12-5-6-12/h1-4,7,10,12H,5-6,8-9H2,(H,20,22)(H,21,23). The number of nitrogens with one attached hydrogen (secondary N) is 2. The first kappa shape index (κ1) is 17.1. The summed E-state index contributed by atoms with van der Waals surface area (Å²) in [5, 5.41) is 5.24. The van der Waals surface area contributed by atoms with Crippen molar-refractivity contribution in [2.24, 2.45) is 5.92 Å². The van der Waals surface area contributed by atoms with Gasteiger partial charge in [0.1, 0.15) is 0 Å². The normalized spacial score (nSPS) is 14.7. The maximum Gasteiger partial charge on any atom is 0.416 e. The summed E-state index contributed by atoms with van der Waals surface area (Å²) >= 11 is 0. The van der Waals surface area contributed by atoms with Crippen LogP contribution in [0.1, 0.15) is 24.0 Å². The van der Waals surface area contributed by atoms with E-state index >= 15 is 0 Å². The van der Waals surface area contributed by atoms with E-state index in [4.69, 9.17) is 0 Å². The summed E-state index contributed by atoms with van der Waals surface area (Å²) in [6.07, 6.45) is -0.104. The lowest BCUT2D eigenvalue weighted by molar-refractivity contribution is -0.137. The molecule has 23 heavy (non-hydrogen) atoms. The highest BCUT2D eigenvalue weighted by Crippen LogP contribution is 2.29. The molecule has 1 saturated carbocycles. The van der Waals surface area contributed by atoms with Crippen molar-refractivity contribution in [1.82, 2.24) is 10.6 Å². The first-order valence-corrected chi connectivity index (χ1v) is 7.27. The number of alkyl halides is 3. The molecule has 0 aliphatic heterocycles. The summed E-state index contributed by atoms with van der Waals surface area (Å²) < 4.78 is 37.7. The zero-order valence-electron chi connectivity index (χ0n) is 12.3. The fourth-order valence-corrected chi connectivity index (χ4v) is 1.91. The van der Waals surface area contributed by atoms with Crippen LogP contribution in [0.4, 0.5) is 13.2 Å². The van der Waals surface area contributed by atoms with Crippen LogP contribution in [0.3, 0.4) is 0 Å². The molecule has 4 nitrogen and oxygen atoms in total. The minimum Gasteiger partial charge on any atom is -0.354 e. The first-order valence-electron chi connectivity index (χ1n) is 7.27. The van der Waals surface area contributed by atoms with Crippen molar-refractivity contribution in [3.05, 3.63) is 41.5 Å². The molecule has 1 aliphatic rings. The van der Waals surface area contributed by atoms with Crippen LogP contribution in [0.5, 0.6) is 0 Å². The molecule has 0 bridgehead atoms. The zero-order chi connectivity index (χ0) is 16.9. The third-order valence-corrected chi connectivity index (χ3v) is 3.31. The van der Waals surface area contributed by atoms with E-state index in [0.29, 0.717) is 6.54 Å². The average Bonchev–Trinajstić information content (AvgIpc) is 3.33. The van der Waals surface area contributed by atoms with Crippen LogP contribution in [-0.4, -0.2) is 24.9 Å². The Labute approximate surface area is 131 Å². The smallest absolute Gasteiger partial charge is 0.354 e. The van der Waals surface area contributed by atoms with Crippen molar-refractivity contribution in [2.75, 3.05) is 13.1 Å². The van der Waals surface area contributed by atoms with Crippen molar-refractivity contribution < 1.29 is 22.8 Å². The van der Waals surface area contributed by atoms with Gasteiger partial charge in [-0.2, -0.15) is 13.2 Å². The predicted molar refractivity (Wildman–Crippen MR) is 79.2 cm³/mol. The van der Waals surface area contributed by atoms with E-state index in [1.54, 1.807) is 0 Å². The lowest BCUT2D eigenvalue weighted by Gasteiger charge is -2.07. The zero-order valence-corrected chi connectivity index (χ0v) is 12.3. The Morgan fingerprint density at radius 1 is 1.17 bits per heavy atom. The van der Waals surface area contributed by atoms with Crippen LogP contribution >= 0.6 is 0 Å². The molecule has 2 N–H and O–H groups in total. The van der Waals surface area contributed by atoms with E-state index in [2.05, 4.69) is 10.6 Å². The molecular weight excluding hydrogens is 309 g/mol. The monoisotopic (exact) mass is 326 g/mol. The van der Waals surface area contributed by atoms with Crippen molar-refractivity contribution in [2.45, 2.75) is 19.0 Å². The van der Waals surface area contributed by atoms with Crippen molar-refractivity contribution in [3.63, 3.8) is 0 Å². The highest BCUT2D eigenvalue weighted by atomic mass is 19.4. The second kappa shape index (κ2) is 7.30. The number of halogens is 3. The molecule has 1 aliphatic carbocycles. The van der Waals surface area contributed by atoms with Gasteiger partial charge in [-0.1, -0.05) is 12.1 Å². The van der Waals surface area contributed by atoms with Gasteiger partial charge in [0.05, 0.1) is 5.56 Å². The number of amides is 2. The van der Waals surface area contributed by atoms with Gasteiger partial charge in [0.2, 0.25) is 11.8 Å². The Bertz CT molecular complexity index is 608. The molecule has 1 fully saturated rings. The number of benzene rings is 1. The largest absolute Gasteiger partial charge is 0.416 e. The molecule has 0 atom stereocenters. The number of rotatable bonds is 6. The van der Waals surface area contributed by atoms with E-state index in [9.17, 15) is 22.8 Å². The Morgan fingerprint density at radius 3 is 2.52 bits per heavy atom. The maximum absolute atomic E-state index is 12.6. The lowest BCUT2D eigenvalue weighted by atomic mass is 10.1. The SMILES string of the molecule is O=C(C=Cc1cccc(C(F)(F)F)c1)NCCNC(=O)C1CC1. The van der Waals surface area contributed by atoms with E-state index in [1.807, 2.05) is 0 Å². The number of carbonyl (C=O) groups is 2. The Hall–Kier alpha value is -2.31. The third-order valence-electron chi connectivity index (χ3n) is 3.31. The quantitative estimate of drug-likeness (QED) is 0.623. The molecule has 1 aromatic carbocycles. The molecule has 0 spiro atoms. The molecule has 2 amide bonds. The van der Waals surface area contributed by atoms with Crippen LogP contribution in [0.2, 0.25) is 0 Å². The summed E-state index contributed by atoms with van der Waals surface area (Å²) in [7, 11) is 0. The van der Waals surface area contributed by atoms with Gasteiger partial charge in [0.15, 0.2) is 0 Å². The Kier molecular flexibility index (Phi) is 5.41. The van der Waals surface area contributed by atoms with Crippen LogP contribution in [0.15, 0.2) is 30.3 Å². The fourth-order valence-electron chi connectivity index (χ4n) is 1.91. The van der Waals surface area contributed by atoms with Gasteiger partial charge in [-0.3, -0.25) is 9.59 Å². The maximum atomic E-state index is 12.6.